The zero-order valence-electron chi connectivity index (χ0n) is 27.9. The van der Waals surface area contributed by atoms with E-state index in [0.717, 1.165) is 59.3 Å². The molecule has 3 aromatic carbocycles. The van der Waals surface area contributed by atoms with Crippen LogP contribution in [0.25, 0.3) is 27.8 Å². The zero-order chi connectivity index (χ0) is 34.1. The van der Waals surface area contributed by atoms with Gasteiger partial charge in [0.05, 0.1) is 30.0 Å². The highest BCUT2D eigenvalue weighted by molar-refractivity contribution is 5.95. The maximum Gasteiger partial charge on any atom is 0.294 e. The molecule has 1 saturated heterocycles. The Bertz CT molecular complexity index is 2080. The van der Waals surface area contributed by atoms with Crippen LogP contribution in [0.4, 0.5) is 15.9 Å². The van der Waals surface area contributed by atoms with Crippen LogP contribution < -0.4 is 21.1 Å². The zero-order valence-corrected chi connectivity index (χ0v) is 27.9. The quantitative estimate of drug-likeness (QED) is 0.228. The van der Waals surface area contributed by atoms with E-state index >= 15 is 0 Å². The Labute approximate surface area is 278 Å². The molecule has 5 aromatic rings. The van der Waals surface area contributed by atoms with E-state index in [1.807, 2.05) is 25.3 Å². The highest BCUT2D eigenvalue weighted by Gasteiger charge is 2.21. The molecule has 0 radical (unpaired) electrons. The summed E-state index contributed by atoms with van der Waals surface area (Å²) in [7, 11) is 5.04. The van der Waals surface area contributed by atoms with Gasteiger partial charge in [-0.25, -0.2) is 9.37 Å². The van der Waals surface area contributed by atoms with Crippen LogP contribution >= 0.6 is 0 Å². The average Bonchev–Trinajstić information content (AvgIpc) is 3.74. The summed E-state index contributed by atoms with van der Waals surface area (Å²) in [6.07, 6.45) is 5.75. The molecular formula is C37H40FN7O3. The minimum atomic E-state index is -0.541. The van der Waals surface area contributed by atoms with Crippen LogP contribution in [-0.4, -0.2) is 71.1 Å². The minimum Gasteiger partial charge on any atom is -0.371 e. The smallest absolute Gasteiger partial charge is 0.294 e. The lowest BCUT2D eigenvalue weighted by molar-refractivity contribution is -0.117. The van der Waals surface area contributed by atoms with E-state index < -0.39 is 11.6 Å². The Balaban J connectivity index is 1.51. The third-order valence-corrected chi connectivity index (χ3v) is 8.95. The van der Waals surface area contributed by atoms with Gasteiger partial charge in [-0.2, -0.15) is 0 Å². The van der Waals surface area contributed by atoms with Gasteiger partial charge in [0.2, 0.25) is 5.91 Å². The van der Waals surface area contributed by atoms with E-state index in [9.17, 15) is 18.8 Å². The molecule has 0 aliphatic carbocycles. The van der Waals surface area contributed by atoms with Crippen LogP contribution in [0.5, 0.6) is 0 Å². The van der Waals surface area contributed by atoms with Gasteiger partial charge in [0, 0.05) is 61.3 Å². The number of nitrogens with one attached hydrogen (secondary N) is 2. The van der Waals surface area contributed by atoms with E-state index in [-0.39, 0.29) is 30.0 Å². The van der Waals surface area contributed by atoms with Gasteiger partial charge in [-0.05, 0) is 93.4 Å². The van der Waals surface area contributed by atoms with Gasteiger partial charge in [0.25, 0.3) is 11.5 Å². The Morgan fingerprint density at radius 1 is 1.02 bits per heavy atom. The van der Waals surface area contributed by atoms with Crippen LogP contribution in [0.15, 0.2) is 77.9 Å². The third-order valence-electron chi connectivity index (χ3n) is 8.95. The van der Waals surface area contributed by atoms with Gasteiger partial charge in [-0.3, -0.25) is 19.0 Å². The first-order valence-corrected chi connectivity index (χ1v) is 16.1. The third kappa shape index (κ3) is 6.46. The van der Waals surface area contributed by atoms with Crippen LogP contribution in [0.3, 0.4) is 0 Å². The molecule has 248 valence electrons. The topological polar surface area (TPSA) is 104 Å². The Morgan fingerprint density at radius 2 is 1.77 bits per heavy atom. The maximum absolute atomic E-state index is 14.2. The fourth-order valence-electron chi connectivity index (χ4n) is 6.19. The maximum atomic E-state index is 14.2. The average molecular weight is 650 g/mol. The lowest BCUT2D eigenvalue weighted by Crippen LogP contribution is -2.38. The van der Waals surface area contributed by atoms with Crippen molar-refractivity contribution in [3.05, 3.63) is 106 Å². The van der Waals surface area contributed by atoms with Gasteiger partial charge in [-0.1, -0.05) is 12.1 Å². The first kappa shape index (κ1) is 32.6. The number of likely N-dealkylation sites (N-methyl/N-ethyl adjacent to an activating group) is 1. The number of fused-ring (bicyclic) bond motifs is 1. The van der Waals surface area contributed by atoms with Crippen molar-refractivity contribution < 1.29 is 14.0 Å². The van der Waals surface area contributed by atoms with E-state index in [1.165, 1.54) is 11.0 Å². The van der Waals surface area contributed by atoms with Crippen molar-refractivity contribution in [1.82, 2.24) is 24.3 Å². The summed E-state index contributed by atoms with van der Waals surface area (Å²) in [6, 6.07) is 17.6. The lowest BCUT2D eigenvalue weighted by atomic mass is 10.1. The lowest BCUT2D eigenvalue weighted by Gasteiger charge is -2.22. The molecule has 2 N–H and O–H groups in total. The number of hydrogen-bond donors (Lipinski definition) is 2. The highest BCUT2D eigenvalue weighted by atomic mass is 19.1. The molecule has 2 aromatic heterocycles. The largest absolute Gasteiger partial charge is 0.371 e. The normalized spacial score (nSPS) is 13.6. The second-order valence-corrected chi connectivity index (χ2v) is 12.6. The molecule has 10 nitrogen and oxygen atoms in total. The monoisotopic (exact) mass is 649 g/mol. The van der Waals surface area contributed by atoms with Gasteiger partial charge < -0.3 is 25.0 Å². The van der Waals surface area contributed by atoms with Crippen molar-refractivity contribution in [1.29, 1.82) is 0 Å². The second kappa shape index (κ2) is 13.4. The predicted octanol–water partition coefficient (Wildman–Crippen LogP) is 5.20. The number of carbonyl (C=O) groups excluding carboxylic acids is 2. The van der Waals surface area contributed by atoms with Crippen LogP contribution in [0.2, 0.25) is 0 Å². The van der Waals surface area contributed by atoms with Crippen molar-refractivity contribution >= 4 is 34.2 Å². The Hall–Kier alpha value is -5.29. The summed E-state index contributed by atoms with van der Waals surface area (Å²) in [5, 5.41) is 6.40. The number of benzene rings is 3. The summed E-state index contributed by atoms with van der Waals surface area (Å²) in [4.78, 5) is 48.0. The first-order chi connectivity index (χ1) is 23.0. The van der Waals surface area contributed by atoms with Crippen molar-refractivity contribution in [2.24, 2.45) is 0 Å². The van der Waals surface area contributed by atoms with E-state index in [0.29, 0.717) is 16.8 Å². The van der Waals surface area contributed by atoms with Gasteiger partial charge >= 0.3 is 0 Å². The second-order valence-electron chi connectivity index (χ2n) is 12.6. The number of aryl methyl sites for hydroxylation is 1. The molecule has 48 heavy (non-hydrogen) atoms. The van der Waals surface area contributed by atoms with Gasteiger partial charge in [0.1, 0.15) is 5.82 Å². The summed E-state index contributed by atoms with van der Waals surface area (Å²) in [6.45, 7) is 5.67. The van der Waals surface area contributed by atoms with E-state index in [4.69, 9.17) is 0 Å². The summed E-state index contributed by atoms with van der Waals surface area (Å²) in [5.74, 6) is -0.926. The molecule has 1 unspecified atom stereocenters. The predicted molar refractivity (Wildman–Crippen MR) is 188 cm³/mol. The molecule has 6 rings (SSSR count). The molecule has 3 heterocycles. The Kier molecular flexibility index (Phi) is 9.14. The minimum absolute atomic E-state index is 0.0867. The molecule has 2 amide bonds. The molecule has 1 fully saturated rings. The first-order valence-electron chi connectivity index (χ1n) is 16.1. The van der Waals surface area contributed by atoms with Crippen LogP contribution in [0, 0.1) is 12.7 Å². The number of halogens is 1. The molecular weight excluding hydrogens is 609 g/mol. The fraction of sp³-hybridized carbons (Fsp3) is 0.297. The fourth-order valence-corrected chi connectivity index (χ4v) is 6.19. The van der Waals surface area contributed by atoms with Crippen LogP contribution in [0.1, 0.15) is 41.3 Å². The number of aromatic nitrogens is 3. The molecule has 1 atom stereocenters. The van der Waals surface area contributed by atoms with Crippen molar-refractivity contribution in [2.75, 3.05) is 44.4 Å². The molecule has 1 aliphatic rings. The summed E-state index contributed by atoms with van der Waals surface area (Å²) in [5.41, 5.74) is 5.74. The molecule has 1 aliphatic heterocycles. The SMILES string of the molecule is CNC(C)C(=O)Nc1ncc(-c2cccc(C(=O)N(C)C)c2)n(Cc2cc(N3CCCC3)cc(-n3cc(C)c4cc(F)ccc43)c2)c1=O. The number of anilines is 2. The van der Waals surface area contributed by atoms with Gasteiger partial charge in [0.15, 0.2) is 5.82 Å². The highest BCUT2D eigenvalue weighted by Crippen LogP contribution is 2.31. The van der Waals surface area contributed by atoms with Crippen LogP contribution in [-0.2, 0) is 11.3 Å². The number of nitrogens with zero attached hydrogens (tertiary/aromatic N) is 5. The number of carbonyl (C=O) groups is 2. The molecule has 11 heteroatoms. The summed E-state index contributed by atoms with van der Waals surface area (Å²) >= 11 is 0. The van der Waals surface area contributed by atoms with E-state index in [1.54, 1.807) is 69.2 Å². The van der Waals surface area contributed by atoms with Crippen molar-refractivity contribution in [3.8, 4) is 16.9 Å². The van der Waals surface area contributed by atoms with E-state index in [2.05, 4.69) is 37.2 Å². The Morgan fingerprint density at radius 3 is 2.50 bits per heavy atom. The standard InChI is InChI=1S/C37H40FN7O3/c1-23-21-44(32-12-11-28(38)18-31(23)32)30-16-25(15-29(19-30)43-13-6-7-14-43)22-45-33(26-9-8-10-27(17-26)36(47)42(4)5)20-40-34(37(45)48)41-35(46)24(2)39-3/h8-12,15-21,24,39H,6-7,13-14,22H2,1-5H3,(H,40,41,46). The number of rotatable bonds is 9. The molecule has 0 spiro atoms. The number of amides is 2. The summed E-state index contributed by atoms with van der Waals surface area (Å²) < 4.78 is 17.8. The molecule has 0 saturated carbocycles. The van der Waals surface area contributed by atoms with Crippen molar-refractivity contribution in [3.63, 3.8) is 0 Å². The molecule has 0 bridgehead atoms. The van der Waals surface area contributed by atoms with Crippen molar-refractivity contribution in [2.45, 2.75) is 39.3 Å². The number of hydrogen-bond acceptors (Lipinski definition) is 6. The van der Waals surface area contributed by atoms with Gasteiger partial charge in [-0.15, -0.1) is 0 Å².